The van der Waals surface area contributed by atoms with Gasteiger partial charge in [-0.05, 0) is 0 Å². The Morgan fingerprint density at radius 3 is 2.64 bits per heavy atom. The number of carbonyl (C=O) groups is 3. The summed E-state index contributed by atoms with van der Waals surface area (Å²) in [7, 11) is -3.72. The summed E-state index contributed by atoms with van der Waals surface area (Å²) in [5, 5.41) is 7.36. The maximum Gasteiger partial charge on any atom is 1.00 e. The van der Waals surface area contributed by atoms with E-state index in [0.717, 1.165) is 18.3 Å². The zero-order valence-electron chi connectivity index (χ0n) is 16.0. The number of thiazole rings is 1. The van der Waals surface area contributed by atoms with Crippen LogP contribution in [0.5, 0.6) is 0 Å². The molecule has 0 aromatic carbocycles. The van der Waals surface area contributed by atoms with Crippen molar-refractivity contribution < 1.29 is 67.9 Å². The summed E-state index contributed by atoms with van der Waals surface area (Å²) >= 11 is 1.04. The van der Waals surface area contributed by atoms with Crippen molar-refractivity contribution in [2.24, 2.45) is 5.16 Å². The van der Waals surface area contributed by atoms with Gasteiger partial charge in [0.1, 0.15) is 31.5 Å². The summed E-state index contributed by atoms with van der Waals surface area (Å²) < 4.78 is 36.5. The molecule has 2 amide bonds. The van der Waals surface area contributed by atoms with E-state index in [1.54, 1.807) is 0 Å². The Balaban J connectivity index is 0.00000392. The number of esters is 1. The number of aromatic nitrogens is 1. The summed E-state index contributed by atoms with van der Waals surface area (Å²) in [4.78, 5) is 43.9. The zero-order chi connectivity index (χ0) is 20.4. The van der Waals surface area contributed by atoms with Crippen LogP contribution in [0.4, 0.5) is 5.13 Å². The van der Waals surface area contributed by atoms with Gasteiger partial charge in [-0.1, -0.05) is 5.16 Å². The minimum absolute atomic E-state index is 0. The standard InChI is InChI=1S/C12H15N5O8S2.Na.H/c1-5(18)25-3-7-9(11(20)17(7)27(21,22)23)15-10(19)8(16-24-2)6-4-26-12(13)14-6;;/h4,7,9H,3H2,1-2H3,(H2,13,14)(H,15,19)(H,21,22,23);;/q;+1;-1/b16-8+;;. The molecule has 13 nitrogen and oxygen atoms in total. The average Bonchev–Trinajstić information content (AvgIpc) is 2.98. The number of nitrogen functional groups attached to an aromatic ring is 1. The number of nitrogens with one attached hydrogen (secondary N) is 1. The van der Waals surface area contributed by atoms with E-state index >= 15 is 0 Å². The van der Waals surface area contributed by atoms with Gasteiger partial charge >= 0.3 is 45.8 Å². The topological polar surface area (TPSA) is 191 Å². The van der Waals surface area contributed by atoms with Gasteiger partial charge in [0.25, 0.3) is 11.8 Å². The molecule has 1 fully saturated rings. The molecule has 2 unspecified atom stereocenters. The average molecular weight is 445 g/mol. The fourth-order valence-electron chi connectivity index (χ4n) is 2.23. The molecule has 1 aromatic rings. The third kappa shape index (κ3) is 5.39. The summed E-state index contributed by atoms with van der Waals surface area (Å²) in [6.07, 6.45) is 0. The first-order chi connectivity index (χ1) is 12.6. The van der Waals surface area contributed by atoms with Crippen LogP contribution in [0.25, 0.3) is 0 Å². The number of amides is 2. The van der Waals surface area contributed by atoms with Crippen molar-refractivity contribution in [3.63, 3.8) is 0 Å². The van der Waals surface area contributed by atoms with E-state index in [0.29, 0.717) is 0 Å². The fraction of sp³-hybridized carbons (Fsp3) is 0.417. The summed E-state index contributed by atoms with van der Waals surface area (Å²) in [6, 6.07) is -2.72. The molecule has 1 aliphatic rings. The summed E-state index contributed by atoms with van der Waals surface area (Å²) in [5.41, 5.74) is 5.27. The number of carbonyl (C=O) groups excluding carboxylic acids is 3. The number of nitrogens with two attached hydrogens (primary N) is 1. The maximum atomic E-state index is 12.4. The van der Waals surface area contributed by atoms with Crippen molar-refractivity contribution >= 4 is 50.3 Å². The van der Waals surface area contributed by atoms with E-state index in [1.165, 1.54) is 12.5 Å². The molecule has 150 valence electrons. The molecule has 2 rings (SSSR count). The third-order valence-corrected chi connectivity index (χ3v) is 4.95. The Kier molecular flexibility index (Phi) is 8.33. The molecule has 1 saturated heterocycles. The number of β-lactam (4-membered cyclic amide) rings is 1. The van der Waals surface area contributed by atoms with Crippen LogP contribution in [0.3, 0.4) is 0 Å². The second kappa shape index (κ2) is 9.62. The molecule has 2 heterocycles. The number of hydrogen-bond donors (Lipinski definition) is 3. The minimum atomic E-state index is -4.90. The second-order valence-corrected chi connectivity index (χ2v) is 7.31. The molecule has 28 heavy (non-hydrogen) atoms. The van der Waals surface area contributed by atoms with Crippen molar-refractivity contribution in [1.29, 1.82) is 0 Å². The number of rotatable bonds is 7. The van der Waals surface area contributed by atoms with E-state index in [9.17, 15) is 22.8 Å². The monoisotopic (exact) mass is 445 g/mol. The van der Waals surface area contributed by atoms with Crippen LogP contribution in [-0.4, -0.2) is 71.6 Å². The van der Waals surface area contributed by atoms with Crippen LogP contribution in [0.2, 0.25) is 0 Å². The second-order valence-electron chi connectivity index (χ2n) is 5.13. The predicted octanol–water partition coefficient (Wildman–Crippen LogP) is -4.75. The van der Waals surface area contributed by atoms with Gasteiger partial charge in [-0.2, -0.15) is 8.42 Å². The van der Waals surface area contributed by atoms with E-state index < -0.39 is 46.8 Å². The molecule has 1 aromatic heterocycles. The molecule has 0 saturated carbocycles. The first-order valence-electron chi connectivity index (χ1n) is 7.13. The molecule has 0 aliphatic carbocycles. The van der Waals surface area contributed by atoms with Gasteiger partial charge < -0.3 is 22.1 Å². The molecule has 2 atom stereocenters. The molecular weight excluding hydrogens is 429 g/mol. The van der Waals surface area contributed by atoms with Gasteiger partial charge in [0.15, 0.2) is 10.8 Å². The van der Waals surface area contributed by atoms with Crippen LogP contribution < -0.4 is 40.6 Å². The van der Waals surface area contributed by atoms with E-state index in [2.05, 4.69) is 25.0 Å². The number of ether oxygens (including phenoxy) is 1. The Morgan fingerprint density at radius 1 is 1.54 bits per heavy atom. The van der Waals surface area contributed by atoms with E-state index in [-0.39, 0.29) is 51.8 Å². The van der Waals surface area contributed by atoms with Gasteiger partial charge in [0.05, 0.1) is 0 Å². The Labute approximate surface area is 186 Å². The summed E-state index contributed by atoms with van der Waals surface area (Å²) in [6.45, 7) is 0.508. The Bertz CT molecular complexity index is 908. The van der Waals surface area contributed by atoms with Crippen LogP contribution in [-0.2, 0) is 34.3 Å². The minimum Gasteiger partial charge on any atom is -1.00 e. The van der Waals surface area contributed by atoms with E-state index in [1.807, 2.05) is 0 Å². The third-order valence-electron chi connectivity index (χ3n) is 3.32. The SMILES string of the molecule is CO/N=C(/C(=O)NC1C(=O)N(S(=O)(=O)O)C1COC(C)=O)c1csc(N)n1.[H-].[Na+]. The van der Waals surface area contributed by atoms with E-state index in [4.69, 9.17) is 10.3 Å². The molecule has 0 spiro atoms. The number of nitrogens with zero attached hydrogens (tertiary/aromatic N) is 3. The molecule has 0 bridgehead atoms. The Hall–Kier alpha value is -1.78. The fourth-order valence-corrected chi connectivity index (χ4v) is 3.64. The molecule has 0 radical (unpaired) electrons. The van der Waals surface area contributed by atoms with Crippen LogP contribution in [0.15, 0.2) is 10.5 Å². The van der Waals surface area contributed by atoms with Gasteiger partial charge in [-0.25, -0.2) is 9.29 Å². The van der Waals surface area contributed by atoms with Crippen molar-refractivity contribution in [1.82, 2.24) is 14.6 Å². The molecule has 1 aliphatic heterocycles. The Morgan fingerprint density at radius 2 is 2.18 bits per heavy atom. The normalized spacial score (nSPS) is 19.3. The predicted molar refractivity (Wildman–Crippen MR) is 91.9 cm³/mol. The van der Waals surface area contributed by atoms with Gasteiger partial charge in [0.2, 0.25) is 0 Å². The van der Waals surface area contributed by atoms with Crippen LogP contribution in [0, 0.1) is 0 Å². The maximum absolute atomic E-state index is 12.4. The first kappa shape index (κ1) is 24.3. The quantitative estimate of drug-likeness (QED) is 0.0917. The van der Waals surface area contributed by atoms with Gasteiger partial charge in [-0.15, -0.1) is 11.3 Å². The van der Waals surface area contributed by atoms with Crippen LogP contribution in [0.1, 0.15) is 14.0 Å². The zero-order valence-corrected chi connectivity index (χ0v) is 18.6. The number of oxime groups is 1. The van der Waals surface area contributed by atoms with Gasteiger partial charge in [0, 0.05) is 12.3 Å². The number of anilines is 1. The number of hydrogen-bond acceptors (Lipinski definition) is 11. The molecular formula is C12H16N5NaO8S2. The molecule has 4 N–H and O–H groups in total. The van der Waals surface area contributed by atoms with Gasteiger partial charge in [-0.3, -0.25) is 18.9 Å². The van der Waals surface area contributed by atoms with Crippen molar-refractivity contribution in [3.8, 4) is 0 Å². The van der Waals surface area contributed by atoms with Crippen molar-refractivity contribution in [3.05, 3.63) is 11.1 Å². The smallest absolute Gasteiger partial charge is 1.00 e. The molecule has 16 heteroatoms. The van der Waals surface area contributed by atoms with Crippen molar-refractivity contribution in [2.75, 3.05) is 19.5 Å². The van der Waals surface area contributed by atoms with Crippen LogP contribution >= 0.6 is 11.3 Å². The largest absolute Gasteiger partial charge is 1.00 e. The van der Waals surface area contributed by atoms with Crippen molar-refractivity contribution in [2.45, 2.75) is 19.0 Å². The first-order valence-corrected chi connectivity index (χ1v) is 9.41. The summed E-state index contributed by atoms with van der Waals surface area (Å²) in [5.74, 6) is -2.77.